The number of nitrogens with zero attached hydrogens (tertiary/aromatic N) is 1. The Balaban J connectivity index is 1.48. The predicted molar refractivity (Wildman–Crippen MR) is 112 cm³/mol. The Morgan fingerprint density at radius 1 is 1.00 bits per heavy atom. The lowest BCUT2D eigenvalue weighted by molar-refractivity contribution is -0.126. The van der Waals surface area contributed by atoms with E-state index in [1.807, 2.05) is 54.6 Å². The first-order valence-electron chi connectivity index (χ1n) is 9.85. The Hall–Kier alpha value is -2.22. The van der Waals surface area contributed by atoms with Crippen molar-refractivity contribution in [2.24, 2.45) is 5.92 Å². The maximum atomic E-state index is 12.5. The third-order valence-corrected chi connectivity index (χ3v) is 6.54. The molecule has 1 N–H and O–H groups in total. The third kappa shape index (κ3) is 6.39. The van der Waals surface area contributed by atoms with Gasteiger partial charge < -0.3 is 10.1 Å². The van der Waals surface area contributed by atoms with Crippen LogP contribution in [0.3, 0.4) is 0 Å². The van der Waals surface area contributed by atoms with Gasteiger partial charge in [0, 0.05) is 25.6 Å². The van der Waals surface area contributed by atoms with Crippen LogP contribution in [0.4, 0.5) is 0 Å². The van der Waals surface area contributed by atoms with Gasteiger partial charge in [-0.05, 0) is 29.5 Å². The highest BCUT2D eigenvalue weighted by Gasteiger charge is 2.28. The second-order valence-corrected chi connectivity index (χ2v) is 9.38. The van der Waals surface area contributed by atoms with Gasteiger partial charge in [-0.2, -0.15) is 0 Å². The zero-order chi connectivity index (χ0) is 20.7. The lowest BCUT2D eigenvalue weighted by Gasteiger charge is -2.29. The maximum Gasteiger partial charge on any atom is 0.223 e. The van der Waals surface area contributed by atoms with E-state index in [0.29, 0.717) is 45.7 Å². The molecule has 6 nitrogen and oxygen atoms in total. The molecule has 1 aliphatic rings. The van der Waals surface area contributed by atoms with Crippen molar-refractivity contribution in [2.45, 2.75) is 32.6 Å². The van der Waals surface area contributed by atoms with E-state index in [1.165, 1.54) is 10.6 Å². The molecule has 0 spiro atoms. The van der Waals surface area contributed by atoms with Gasteiger partial charge >= 0.3 is 0 Å². The van der Waals surface area contributed by atoms with Gasteiger partial charge in [0.05, 0.1) is 19.5 Å². The molecule has 0 unspecified atom stereocenters. The van der Waals surface area contributed by atoms with Crippen molar-refractivity contribution < 1.29 is 17.9 Å². The first-order valence-corrected chi connectivity index (χ1v) is 11.7. The fraction of sp³-hybridized carbons (Fsp3) is 0.409. The van der Waals surface area contributed by atoms with Crippen LogP contribution in [0.1, 0.15) is 29.5 Å². The van der Waals surface area contributed by atoms with Gasteiger partial charge in [-0.3, -0.25) is 4.79 Å². The van der Waals surface area contributed by atoms with Crippen LogP contribution in [0.2, 0.25) is 0 Å². The lowest BCUT2D eigenvalue weighted by atomic mass is 9.97. The highest BCUT2D eigenvalue weighted by molar-refractivity contribution is 7.88. The third-order valence-electron chi connectivity index (χ3n) is 5.23. The number of rotatable bonds is 8. The van der Waals surface area contributed by atoms with Crippen molar-refractivity contribution in [3.8, 4) is 0 Å². The lowest BCUT2D eigenvalue weighted by Crippen LogP contribution is -2.42. The Labute approximate surface area is 172 Å². The van der Waals surface area contributed by atoms with Gasteiger partial charge in [0.15, 0.2) is 0 Å². The summed E-state index contributed by atoms with van der Waals surface area (Å²) in [6.45, 7) is 2.27. The summed E-state index contributed by atoms with van der Waals surface area (Å²) in [4.78, 5) is 12.5. The number of carbonyl (C=O) groups is 1. The summed E-state index contributed by atoms with van der Waals surface area (Å²) < 4.78 is 30.5. The molecule has 2 aromatic carbocycles. The SMILES string of the molecule is CS(=O)(=O)N1CCC(C(=O)NCc2ccccc2COCc2ccccc2)CC1. The summed E-state index contributed by atoms with van der Waals surface area (Å²) >= 11 is 0. The quantitative estimate of drug-likeness (QED) is 0.718. The minimum atomic E-state index is -3.18. The van der Waals surface area contributed by atoms with E-state index < -0.39 is 10.0 Å². The zero-order valence-electron chi connectivity index (χ0n) is 16.7. The molecule has 156 valence electrons. The van der Waals surface area contributed by atoms with Crippen LogP contribution in [-0.2, 0) is 39.3 Å². The van der Waals surface area contributed by atoms with Crippen molar-refractivity contribution in [2.75, 3.05) is 19.3 Å². The molecule has 0 saturated carbocycles. The molecule has 1 heterocycles. The number of carbonyl (C=O) groups excluding carboxylic acids is 1. The minimum absolute atomic E-state index is 0.0156. The first kappa shape index (κ1) is 21.5. The van der Waals surface area contributed by atoms with E-state index in [4.69, 9.17) is 4.74 Å². The van der Waals surface area contributed by atoms with Gasteiger partial charge in [-0.25, -0.2) is 12.7 Å². The fourth-order valence-electron chi connectivity index (χ4n) is 3.50. The highest BCUT2D eigenvalue weighted by atomic mass is 32.2. The Kier molecular flexibility index (Phi) is 7.41. The maximum absolute atomic E-state index is 12.5. The molecule has 1 aliphatic heterocycles. The minimum Gasteiger partial charge on any atom is -0.372 e. The largest absolute Gasteiger partial charge is 0.372 e. The second kappa shape index (κ2) is 10.0. The Morgan fingerprint density at radius 3 is 2.28 bits per heavy atom. The van der Waals surface area contributed by atoms with Crippen molar-refractivity contribution in [1.29, 1.82) is 0 Å². The molecule has 29 heavy (non-hydrogen) atoms. The summed E-state index contributed by atoms with van der Waals surface area (Å²) in [5.41, 5.74) is 3.21. The number of benzene rings is 2. The topological polar surface area (TPSA) is 75.7 Å². The molecule has 0 bridgehead atoms. The normalized spacial score (nSPS) is 15.9. The van der Waals surface area contributed by atoms with Crippen LogP contribution in [0.5, 0.6) is 0 Å². The van der Waals surface area contributed by atoms with Crippen LogP contribution in [0.25, 0.3) is 0 Å². The molecule has 2 aromatic rings. The van der Waals surface area contributed by atoms with Crippen LogP contribution in [0.15, 0.2) is 54.6 Å². The molecular weight excluding hydrogens is 388 g/mol. The average Bonchev–Trinajstić information content (AvgIpc) is 2.73. The summed E-state index contributed by atoms with van der Waals surface area (Å²) in [5.74, 6) is -0.160. The monoisotopic (exact) mass is 416 g/mol. The molecule has 0 aromatic heterocycles. The predicted octanol–water partition coefficient (Wildman–Crippen LogP) is 2.69. The van der Waals surface area contributed by atoms with Crippen molar-refractivity contribution in [3.05, 3.63) is 71.3 Å². The summed E-state index contributed by atoms with van der Waals surface area (Å²) in [7, 11) is -3.18. The van der Waals surface area contributed by atoms with Gasteiger partial charge in [0.2, 0.25) is 15.9 Å². The van der Waals surface area contributed by atoms with Gasteiger partial charge in [0.1, 0.15) is 0 Å². The highest BCUT2D eigenvalue weighted by Crippen LogP contribution is 2.20. The Morgan fingerprint density at radius 2 is 1.62 bits per heavy atom. The molecule has 1 saturated heterocycles. The van der Waals surface area contributed by atoms with E-state index in [1.54, 1.807) is 0 Å². The van der Waals surface area contributed by atoms with Crippen molar-refractivity contribution >= 4 is 15.9 Å². The summed E-state index contributed by atoms with van der Waals surface area (Å²) in [5, 5.41) is 3.01. The van der Waals surface area contributed by atoms with E-state index in [0.717, 1.165) is 16.7 Å². The fourth-order valence-corrected chi connectivity index (χ4v) is 4.37. The standard InChI is InChI=1S/C22H28N2O4S/c1-29(26,27)24-13-11-19(12-14-24)22(25)23-15-20-9-5-6-10-21(20)17-28-16-18-7-3-2-4-8-18/h2-10,19H,11-17H2,1H3,(H,23,25). The number of sulfonamides is 1. The number of amides is 1. The zero-order valence-corrected chi connectivity index (χ0v) is 17.5. The molecule has 0 aliphatic carbocycles. The number of hydrogen-bond donors (Lipinski definition) is 1. The van der Waals surface area contributed by atoms with Crippen LogP contribution >= 0.6 is 0 Å². The number of piperidine rings is 1. The molecule has 7 heteroatoms. The molecule has 3 rings (SSSR count). The smallest absolute Gasteiger partial charge is 0.223 e. The van der Waals surface area contributed by atoms with Crippen molar-refractivity contribution in [1.82, 2.24) is 9.62 Å². The van der Waals surface area contributed by atoms with Gasteiger partial charge in [0.25, 0.3) is 0 Å². The molecule has 0 atom stereocenters. The molecule has 1 fully saturated rings. The number of ether oxygens (including phenoxy) is 1. The summed E-state index contributed by atoms with van der Waals surface area (Å²) in [6, 6.07) is 17.9. The molecule has 1 amide bonds. The van der Waals surface area contributed by atoms with E-state index >= 15 is 0 Å². The number of hydrogen-bond acceptors (Lipinski definition) is 4. The van der Waals surface area contributed by atoms with E-state index in [-0.39, 0.29) is 11.8 Å². The van der Waals surface area contributed by atoms with Gasteiger partial charge in [-0.15, -0.1) is 0 Å². The summed E-state index contributed by atoms with van der Waals surface area (Å²) in [6.07, 6.45) is 2.33. The van der Waals surface area contributed by atoms with Crippen LogP contribution < -0.4 is 5.32 Å². The van der Waals surface area contributed by atoms with Crippen molar-refractivity contribution in [3.63, 3.8) is 0 Å². The van der Waals surface area contributed by atoms with Crippen LogP contribution in [-0.4, -0.2) is 38.0 Å². The van der Waals surface area contributed by atoms with E-state index in [9.17, 15) is 13.2 Å². The number of nitrogens with one attached hydrogen (secondary N) is 1. The first-order chi connectivity index (χ1) is 13.9. The van der Waals surface area contributed by atoms with Gasteiger partial charge in [-0.1, -0.05) is 54.6 Å². The van der Waals surface area contributed by atoms with Crippen LogP contribution in [0, 0.1) is 5.92 Å². The second-order valence-electron chi connectivity index (χ2n) is 7.40. The Bertz CT molecular complexity index is 907. The molecule has 0 radical (unpaired) electrons. The average molecular weight is 417 g/mol. The molecular formula is C22H28N2O4S. The van der Waals surface area contributed by atoms with E-state index in [2.05, 4.69) is 5.32 Å².